The number of hydrogen-bond acceptors (Lipinski definition) is 3. The summed E-state index contributed by atoms with van der Waals surface area (Å²) in [5.41, 5.74) is 0. The molecule has 11 heavy (non-hydrogen) atoms. The van der Waals surface area contributed by atoms with Crippen molar-refractivity contribution < 1.29 is 14.3 Å². The smallest absolute Gasteiger partial charge is 0.305 e. The van der Waals surface area contributed by atoms with Crippen LogP contribution < -0.4 is 0 Å². The van der Waals surface area contributed by atoms with Gasteiger partial charge in [-0.25, -0.2) is 0 Å². The number of methoxy groups -OCH3 is 1. The minimum absolute atomic E-state index is 0.110. The lowest BCUT2D eigenvalue weighted by molar-refractivity contribution is -0.140. The number of hydrogen-bond donors (Lipinski definition) is 0. The van der Waals surface area contributed by atoms with Gasteiger partial charge < -0.3 is 9.47 Å². The van der Waals surface area contributed by atoms with Crippen LogP contribution in [0.4, 0.5) is 0 Å². The second-order valence-corrected chi connectivity index (χ2v) is 2.78. The number of unbranched alkanes of at least 4 members (excludes halogenated alkanes) is 1. The summed E-state index contributed by atoms with van der Waals surface area (Å²) >= 11 is 0. The van der Waals surface area contributed by atoms with Gasteiger partial charge in [0.15, 0.2) is 0 Å². The van der Waals surface area contributed by atoms with E-state index in [9.17, 15) is 4.79 Å². The number of ether oxygens (including phenoxy) is 2. The molecule has 1 fully saturated rings. The molecule has 0 N–H and O–H groups in total. The minimum Gasteiger partial charge on any atom is -0.469 e. The van der Waals surface area contributed by atoms with Crippen LogP contribution in [0.1, 0.15) is 25.7 Å². The molecule has 1 heterocycles. The quantitative estimate of drug-likeness (QED) is 0.342. The molecule has 0 unspecified atom stereocenters. The lowest BCUT2D eigenvalue weighted by Gasteiger charge is -1.97. The molecule has 0 bridgehead atoms. The normalized spacial score (nSPS) is 21.4. The van der Waals surface area contributed by atoms with Crippen LogP contribution in [0.2, 0.25) is 0 Å². The predicted octanol–water partition coefficient (Wildman–Crippen LogP) is 1.12. The maximum absolute atomic E-state index is 10.6. The summed E-state index contributed by atoms with van der Waals surface area (Å²) in [5, 5.41) is 0. The van der Waals surface area contributed by atoms with Gasteiger partial charge in [-0.1, -0.05) is 6.42 Å². The Kier molecular flexibility index (Phi) is 3.36. The molecule has 1 saturated heterocycles. The third kappa shape index (κ3) is 3.98. The van der Waals surface area contributed by atoms with Crippen LogP contribution in [-0.2, 0) is 14.3 Å². The molecule has 1 atom stereocenters. The van der Waals surface area contributed by atoms with Crippen LogP contribution in [0.5, 0.6) is 0 Å². The first kappa shape index (κ1) is 8.53. The molecule has 0 spiro atoms. The Morgan fingerprint density at radius 3 is 2.91 bits per heavy atom. The predicted molar refractivity (Wildman–Crippen MR) is 40.2 cm³/mol. The first-order chi connectivity index (χ1) is 5.33. The summed E-state index contributed by atoms with van der Waals surface area (Å²) in [4.78, 5) is 10.6. The van der Waals surface area contributed by atoms with Crippen molar-refractivity contribution in [2.45, 2.75) is 31.8 Å². The van der Waals surface area contributed by atoms with Gasteiger partial charge in [0.05, 0.1) is 19.8 Å². The number of esters is 1. The van der Waals surface area contributed by atoms with Crippen molar-refractivity contribution in [1.29, 1.82) is 0 Å². The van der Waals surface area contributed by atoms with E-state index in [1.165, 1.54) is 7.11 Å². The van der Waals surface area contributed by atoms with E-state index in [1.54, 1.807) is 0 Å². The second kappa shape index (κ2) is 4.34. The van der Waals surface area contributed by atoms with Gasteiger partial charge >= 0.3 is 5.97 Å². The molecule has 0 aromatic heterocycles. The highest BCUT2D eigenvalue weighted by molar-refractivity contribution is 5.68. The van der Waals surface area contributed by atoms with Crippen LogP contribution in [-0.4, -0.2) is 25.8 Å². The van der Waals surface area contributed by atoms with E-state index in [4.69, 9.17) is 4.74 Å². The van der Waals surface area contributed by atoms with Crippen molar-refractivity contribution in [2.75, 3.05) is 13.7 Å². The van der Waals surface area contributed by atoms with Crippen LogP contribution in [0.25, 0.3) is 0 Å². The van der Waals surface area contributed by atoms with Crippen molar-refractivity contribution in [3.05, 3.63) is 0 Å². The fourth-order valence-electron chi connectivity index (χ4n) is 0.978. The van der Waals surface area contributed by atoms with Crippen LogP contribution in [0.15, 0.2) is 0 Å². The molecular weight excluding hydrogens is 144 g/mol. The second-order valence-electron chi connectivity index (χ2n) is 2.78. The molecule has 0 aromatic carbocycles. The van der Waals surface area contributed by atoms with Gasteiger partial charge in [-0.15, -0.1) is 0 Å². The van der Waals surface area contributed by atoms with Crippen molar-refractivity contribution in [3.63, 3.8) is 0 Å². The zero-order chi connectivity index (χ0) is 8.10. The summed E-state index contributed by atoms with van der Waals surface area (Å²) in [6.45, 7) is 0.915. The Morgan fingerprint density at radius 1 is 1.64 bits per heavy atom. The summed E-state index contributed by atoms with van der Waals surface area (Å²) in [5.74, 6) is -0.110. The summed E-state index contributed by atoms with van der Waals surface area (Å²) < 4.78 is 9.53. The molecular formula is C8H14O3. The SMILES string of the molecule is COC(=O)CCCC[C@H]1CO1. The average molecular weight is 158 g/mol. The third-order valence-electron chi connectivity index (χ3n) is 1.79. The van der Waals surface area contributed by atoms with Crippen LogP contribution in [0.3, 0.4) is 0 Å². The Morgan fingerprint density at radius 2 is 2.36 bits per heavy atom. The molecule has 3 heteroatoms. The van der Waals surface area contributed by atoms with Gasteiger partial charge in [-0.05, 0) is 12.8 Å². The molecule has 64 valence electrons. The van der Waals surface area contributed by atoms with E-state index < -0.39 is 0 Å². The average Bonchev–Trinajstić information content (AvgIpc) is 2.81. The highest BCUT2D eigenvalue weighted by Crippen LogP contribution is 2.16. The highest BCUT2D eigenvalue weighted by Gasteiger charge is 2.21. The minimum atomic E-state index is -0.110. The van der Waals surface area contributed by atoms with Gasteiger partial charge in [-0.3, -0.25) is 4.79 Å². The topological polar surface area (TPSA) is 38.8 Å². The van der Waals surface area contributed by atoms with Gasteiger partial charge in [0.1, 0.15) is 0 Å². The zero-order valence-corrected chi connectivity index (χ0v) is 6.84. The summed E-state index contributed by atoms with van der Waals surface area (Å²) in [6.07, 6.45) is 4.12. The van der Waals surface area contributed by atoms with Crippen LogP contribution in [0, 0.1) is 0 Å². The van der Waals surface area contributed by atoms with Crippen LogP contribution >= 0.6 is 0 Å². The molecule has 0 amide bonds. The monoisotopic (exact) mass is 158 g/mol. The molecule has 1 aliphatic rings. The van der Waals surface area contributed by atoms with Crippen molar-refractivity contribution >= 4 is 5.97 Å². The number of carbonyl (C=O) groups is 1. The molecule has 0 radical (unpaired) electrons. The van der Waals surface area contributed by atoms with E-state index >= 15 is 0 Å². The highest BCUT2D eigenvalue weighted by atomic mass is 16.6. The maximum atomic E-state index is 10.6. The molecule has 1 aliphatic heterocycles. The summed E-state index contributed by atoms with van der Waals surface area (Å²) in [6, 6.07) is 0. The van der Waals surface area contributed by atoms with Gasteiger partial charge in [0, 0.05) is 6.42 Å². The maximum Gasteiger partial charge on any atom is 0.305 e. The van der Waals surface area contributed by atoms with Gasteiger partial charge in [0.2, 0.25) is 0 Å². The first-order valence-corrected chi connectivity index (χ1v) is 4.01. The standard InChI is InChI=1S/C8H14O3/c1-10-8(9)5-3-2-4-7-6-11-7/h7H,2-6H2,1H3/t7-/m0/s1. The fraction of sp³-hybridized carbons (Fsp3) is 0.875. The molecule has 0 aromatic rings. The number of carbonyl (C=O) groups excluding carboxylic acids is 1. The number of epoxide rings is 1. The molecule has 0 saturated carbocycles. The first-order valence-electron chi connectivity index (χ1n) is 4.01. The Labute approximate surface area is 66.7 Å². The van der Waals surface area contributed by atoms with E-state index in [1.807, 2.05) is 0 Å². The lowest BCUT2D eigenvalue weighted by Crippen LogP contribution is -1.99. The van der Waals surface area contributed by atoms with E-state index in [2.05, 4.69) is 4.74 Å². The largest absolute Gasteiger partial charge is 0.469 e. The molecule has 0 aliphatic carbocycles. The summed E-state index contributed by atoms with van der Waals surface area (Å²) in [7, 11) is 1.42. The third-order valence-corrected chi connectivity index (χ3v) is 1.79. The van der Waals surface area contributed by atoms with Crippen molar-refractivity contribution in [2.24, 2.45) is 0 Å². The Hall–Kier alpha value is -0.570. The fourth-order valence-corrected chi connectivity index (χ4v) is 0.978. The van der Waals surface area contributed by atoms with E-state index in [-0.39, 0.29) is 5.97 Å². The zero-order valence-electron chi connectivity index (χ0n) is 6.84. The van der Waals surface area contributed by atoms with E-state index in [0.717, 1.165) is 25.9 Å². The Balaban J connectivity index is 1.82. The van der Waals surface area contributed by atoms with Gasteiger partial charge in [0.25, 0.3) is 0 Å². The van der Waals surface area contributed by atoms with Crippen molar-refractivity contribution in [1.82, 2.24) is 0 Å². The van der Waals surface area contributed by atoms with Gasteiger partial charge in [-0.2, -0.15) is 0 Å². The Bertz CT molecular complexity index is 129. The number of rotatable bonds is 5. The van der Waals surface area contributed by atoms with E-state index in [0.29, 0.717) is 12.5 Å². The molecule has 1 rings (SSSR count). The van der Waals surface area contributed by atoms with Crippen molar-refractivity contribution in [3.8, 4) is 0 Å². The lowest BCUT2D eigenvalue weighted by atomic mass is 10.1. The molecule has 3 nitrogen and oxygen atoms in total.